The highest BCUT2D eigenvalue weighted by Crippen LogP contribution is 2.35. The van der Waals surface area contributed by atoms with Crippen molar-refractivity contribution in [3.8, 4) is 0 Å². The van der Waals surface area contributed by atoms with Gasteiger partial charge in [-0.3, -0.25) is 4.79 Å². The lowest BCUT2D eigenvalue weighted by Crippen LogP contribution is -2.12. The molecule has 1 rings (SSSR count). The quantitative estimate of drug-likeness (QED) is 0.476. The summed E-state index contributed by atoms with van der Waals surface area (Å²) in [5, 5.41) is 0. The number of carbonyl (C=O) groups excluding carboxylic acids is 1. The molecule has 0 aromatic carbocycles. The van der Waals surface area contributed by atoms with Gasteiger partial charge < -0.3 is 4.74 Å². The van der Waals surface area contributed by atoms with Crippen molar-refractivity contribution < 1.29 is 9.53 Å². The first-order valence-corrected chi connectivity index (χ1v) is 4.33. The van der Waals surface area contributed by atoms with Crippen LogP contribution in [0.3, 0.4) is 0 Å². The van der Waals surface area contributed by atoms with Crippen LogP contribution in [-0.2, 0) is 9.53 Å². The molecule has 0 aromatic rings. The fourth-order valence-electron chi connectivity index (χ4n) is 1.05. The number of allylic oxidation sites excluding steroid dienone is 1. The van der Waals surface area contributed by atoms with Gasteiger partial charge >= 0.3 is 0 Å². The Bertz CT molecular complexity index is 214. The predicted molar refractivity (Wildman–Crippen MR) is 47.9 cm³/mol. The molecule has 1 heterocycles. The zero-order valence-corrected chi connectivity index (χ0v) is 8.13. The van der Waals surface area contributed by atoms with Gasteiger partial charge in [-0.15, -0.1) is 0 Å². The van der Waals surface area contributed by atoms with Crippen LogP contribution in [0.4, 0.5) is 0 Å². The second-order valence-corrected chi connectivity index (χ2v) is 4.11. The van der Waals surface area contributed by atoms with Crippen LogP contribution in [0.1, 0.15) is 27.7 Å². The second-order valence-electron chi connectivity index (χ2n) is 4.11. The SMILES string of the molecule is CC(C)C=CC(=O)C1OC1(C)C. The van der Waals surface area contributed by atoms with E-state index in [9.17, 15) is 4.79 Å². The van der Waals surface area contributed by atoms with Crippen LogP contribution in [0.5, 0.6) is 0 Å². The summed E-state index contributed by atoms with van der Waals surface area (Å²) in [5.74, 6) is 0.518. The molecule has 1 fully saturated rings. The number of rotatable bonds is 3. The molecule has 68 valence electrons. The number of hydrogen-bond donors (Lipinski definition) is 0. The third-order valence-electron chi connectivity index (χ3n) is 1.90. The Morgan fingerprint density at radius 1 is 1.50 bits per heavy atom. The lowest BCUT2D eigenvalue weighted by Gasteiger charge is -1.93. The van der Waals surface area contributed by atoms with Gasteiger partial charge in [0, 0.05) is 0 Å². The Hall–Kier alpha value is -0.630. The minimum Gasteiger partial charge on any atom is -0.358 e. The molecule has 1 aliphatic rings. The van der Waals surface area contributed by atoms with E-state index in [4.69, 9.17) is 4.74 Å². The average molecular weight is 168 g/mol. The summed E-state index contributed by atoms with van der Waals surface area (Å²) in [4.78, 5) is 11.3. The molecular weight excluding hydrogens is 152 g/mol. The van der Waals surface area contributed by atoms with Crippen LogP contribution in [0.25, 0.3) is 0 Å². The Kier molecular flexibility index (Phi) is 2.38. The van der Waals surface area contributed by atoms with E-state index < -0.39 is 0 Å². The fraction of sp³-hybridized carbons (Fsp3) is 0.700. The molecule has 0 radical (unpaired) electrons. The zero-order valence-electron chi connectivity index (χ0n) is 8.13. The highest BCUT2D eigenvalue weighted by atomic mass is 16.6. The average Bonchev–Trinajstić information content (AvgIpc) is 2.55. The summed E-state index contributed by atoms with van der Waals surface area (Å²) in [7, 11) is 0. The molecule has 0 aromatic heterocycles. The normalized spacial score (nSPS) is 26.6. The van der Waals surface area contributed by atoms with E-state index >= 15 is 0 Å². The molecule has 1 saturated heterocycles. The van der Waals surface area contributed by atoms with Crippen molar-refractivity contribution in [3.05, 3.63) is 12.2 Å². The maximum atomic E-state index is 11.3. The molecule has 0 aliphatic carbocycles. The molecule has 0 saturated carbocycles. The first-order valence-electron chi connectivity index (χ1n) is 4.33. The molecule has 2 heteroatoms. The van der Waals surface area contributed by atoms with Crippen molar-refractivity contribution >= 4 is 5.78 Å². The number of hydrogen-bond acceptors (Lipinski definition) is 2. The van der Waals surface area contributed by atoms with Gasteiger partial charge in [0.05, 0.1) is 5.60 Å². The minimum absolute atomic E-state index is 0.0914. The summed E-state index contributed by atoms with van der Waals surface area (Å²) >= 11 is 0. The molecule has 2 nitrogen and oxygen atoms in total. The minimum atomic E-state index is -0.224. The maximum absolute atomic E-state index is 11.3. The summed E-state index contributed by atoms with van der Waals surface area (Å²) in [6.07, 6.45) is 3.33. The van der Waals surface area contributed by atoms with Crippen molar-refractivity contribution in [2.24, 2.45) is 5.92 Å². The summed E-state index contributed by atoms with van der Waals surface area (Å²) < 4.78 is 5.20. The zero-order chi connectivity index (χ0) is 9.35. The predicted octanol–water partition coefficient (Wildman–Crippen LogP) is 1.95. The van der Waals surface area contributed by atoms with Crippen LogP contribution in [0, 0.1) is 5.92 Å². The highest BCUT2D eigenvalue weighted by molar-refractivity contribution is 5.96. The van der Waals surface area contributed by atoms with E-state index in [1.165, 1.54) is 0 Å². The molecule has 0 bridgehead atoms. The van der Waals surface area contributed by atoms with E-state index in [0.717, 1.165) is 0 Å². The second kappa shape index (κ2) is 3.02. The Labute approximate surface area is 73.6 Å². The van der Waals surface area contributed by atoms with Gasteiger partial charge in [0.1, 0.15) is 6.10 Å². The summed E-state index contributed by atoms with van der Waals surface area (Å²) in [5.41, 5.74) is -0.224. The Balaban J connectivity index is 2.42. The smallest absolute Gasteiger partial charge is 0.187 e. The van der Waals surface area contributed by atoms with Crippen LogP contribution >= 0.6 is 0 Å². The van der Waals surface area contributed by atoms with Gasteiger partial charge in [0.25, 0.3) is 0 Å². The van der Waals surface area contributed by atoms with E-state index in [-0.39, 0.29) is 17.5 Å². The highest BCUT2D eigenvalue weighted by Gasteiger charge is 2.51. The number of ether oxygens (including phenoxy) is 1. The number of ketones is 1. The van der Waals surface area contributed by atoms with Gasteiger partial charge in [0.2, 0.25) is 0 Å². The van der Waals surface area contributed by atoms with Crippen molar-refractivity contribution in [1.82, 2.24) is 0 Å². The van der Waals surface area contributed by atoms with Crippen LogP contribution in [0.15, 0.2) is 12.2 Å². The molecule has 0 amide bonds. The van der Waals surface area contributed by atoms with E-state index in [0.29, 0.717) is 5.92 Å². The van der Waals surface area contributed by atoms with Crippen molar-refractivity contribution in [2.75, 3.05) is 0 Å². The van der Waals surface area contributed by atoms with Gasteiger partial charge in [-0.1, -0.05) is 19.9 Å². The third-order valence-corrected chi connectivity index (χ3v) is 1.90. The Morgan fingerprint density at radius 3 is 2.33 bits per heavy atom. The largest absolute Gasteiger partial charge is 0.358 e. The van der Waals surface area contributed by atoms with Gasteiger partial charge in [0.15, 0.2) is 5.78 Å². The topological polar surface area (TPSA) is 29.6 Å². The maximum Gasteiger partial charge on any atom is 0.187 e. The number of epoxide rings is 1. The standard InChI is InChI=1S/C10H16O2/c1-7(2)5-6-8(11)9-10(3,4)12-9/h5-7,9H,1-4H3. The third kappa shape index (κ3) is 2.18. The molecular formula is C10H16O2. The van der Waals surface area contributed by atoms with Gasteiger partial charge in [-0.2, -0.15) is 0 Å². The van der Waals surface area contributed by atoms with E-state index in [2.05, 4.69) is 0 Å². The summed E-state index contributed by atoms with van der Waals surface area (Å²) in [6.45, 7) is 7.95. The first kappa shape index (κ1) is 9.46. The lowest BCUT2D eigenvalue weighted by atomic mass is 10.1. The van der Waals surface area contributed by atoms with Gasteiger partial charge in [-0.25, -0.2) is 0 Å². The lowest BCUT2D eigenvalue weighted by molar-refractivity contribution is -0.115. The van der Waals surface area contributed by atoms with E-state index in [1.807, 2.05) is 33.8 Å². The van der Waals surface area contributed by atoms with Crippen LogP contribution in [-0.4, -0.2) is 17.5 Å². The monoisotopic (exact) mass is 168 g/mol. The Morgan fingerprint density at radius 2 is 2.00 bits per heavy atom. The molecule has 0 N–H and O–H groups in total. The molecule has 1 aliphatic heterocycles. The van der Waals surface area contributed by atoms with Crippen molar-refractivity contribution in [2.45, 2.75) is 39.4 Å². The first-order chi connectivity index (χ1) is 5.43. The van der Waals surface area contributed by atoms with Crippen molar-refractivity contribution in [3.63, 3.8) is 0 Å². The van der Waals surface area contributed by atoms with Crippen LogP contribution in [0.2, 0.25) is 0 Å². The van der Waals surface area contributed by atoms with Crippen molar-refractivity contribution in [1.29, 1.82) is 0 Å². The number of carbonyl (C=O) groups is 1. The van der Waals surface area contributed by atoms with E-state index in [1.54, 1.807) is 6.08 Å². The summed E-state index contributed by atoms with van der Waals surface area (Å²) in [6, 6.07) is 0. The van der Waals surface area contributed by atoms with Crippen LogP contribution < -0.4 is 0 Å². The van der Waals surface area contributed by atoms with Gasteiger partial charge in [-0.05, 0) is 25.8 Å². The molecule has 12 heavy (non-hydrogen) atoms. The molecule has 0 spiro atoms. The molecule has 1 unspecified atom stereocenters. The fourth-order valence-corrected chi connectivity index (χ4v) is 1.05. The molecule has 1 atom stereocenters.